The lowest BCUT2D eigenvalue weighted by atomic mass is 10.1. The Balaban J connectivity index is 4.69. The molecule has 0 aliphatic carbocycles. The van der Waals surface area contributed by atoms with Gasteiger partial charge in [0.15, 0.2) is 5.78 Å². The zero-order valence-electron chi connectivity index (χ0n) is 17.1. The first-order chi connectivity index (χ1) is 12.1. The van der Waals surface area contributed by atoms with Crippen LogP contribution in [0.2, 0.25) is 0 Å². The van der Waals surface area contributed by atoms with Gasteiger partial charge in [0, 0.05) is 6.08 Å². The number of hydrogen-bond donors (Lipinski definition) is 0. The fourth-order valence-electron chi connectivity index (χ4n) is 2.27. The van der Waals surface area contributed by atoms with Crippen molar-refractivity contribution in [3.05, 3.63) is 46.6 Å². The molecule has 0 radical (unpaired) electrons. The molecule has 4 nitrogen and oxygen atoms in total. The second-order valence-electron chi connectivity index (χ2n) is 7.16. The van der Waals surface area contributed by atoms with E-state index >= 15 is 0 Å². The number of ketones is 1. The molecule has 0 bridgehead atoms. The smallest absolute Gasteiger partial charge is 0.253 e. The number of carbonyl (C=O) groups is 3. The normalized spacial score (nSPS) is 11.6. The first-order valence-corrected chi connectivity index (χ1v) is 9.05. The van der Waals surface area contributed by atoms with E-state index < -0.39 is 5.91 Å². The van der Waals surface area contributed by atoms with Crippen LogP contribution in [0.4, 0.5) is 0 Å². The maximum absolute atomic E-state index is 12.2. The average Bonchev–Trinajstić information content (AvgIpc) is 2.51. The highest BCUT2D eigenvalue weighted by Crippen LogP contribution is 2.09. The summed E-state index contributed by atoms with van der Waals surface area (Å²) in [6, 6.07) is 0. The molecule has 0 saturated heterocycles. The summed E-state index contributed by atoms with van der Waals surface area (Å²) in [6.45, 7) is 11.6. The first kappa shape index (κ1) is 23.8. The van der Waals surface area contributed by atoms with Gasteiger partial charge in [-0.3, -0.25) is 19.3 Å². The number of rotatable bonds is 11. The average molecular weight is 360 g/mol. The molecule has 144 valence electrons. The molecule has 0 aromatic rings. The quantitative estimate of drug-likeness (QED) is 0.299. The van der Waals surface area contributed by atoms with Crippen LogP contribution in [0.3, 0.4) is 0 Å². The summed E-state index contributed by atoms with van der Waals surface area (Å²) < 4.78 is 0. The monoisotopic (exact) mass is 359 g/mol. The van der Waals surface area contributed by atoms with Gasteiger partial charge in [-0.1, -0.05) is 34.4 Å². The molecular weight excluding hydrogens is 326 g/mol. The predicted octanol–water partition coefficient (Wildman–Crippen LogP) is 4.93. The Labute approximate surface area is 158 Å². The second kappa shape index (κ2) is 13.0. The largest absolute Gasteiger partial charge is 0.293 e. The van der Waals surface area contributed by atoms with Crippen LogP contribution in [0.25, 0.3) is 0 Å². The summed E-state index contributed by atoms with van der Waals surface area (Å²) in [4.78, 5) is 36.4. The van der Waals surface area contributed by atoms with Crippen molar-refractivity contribution < 1.29 is 14.4 Å². The van der Waals surface area contributed by atoms with Crippen molar-refractivity contribution >= 4 is 18.1 Å². The Hall–Kier alpha value is -2.23. The zero-order valence-corrected chi connectivity index (χ0v) is 17.1. The number of amides is 2. The Kier molecular flexibility index (Phi) is 11.9. The molecular formula is C22H33NO3. The molecule has 0 unspecified atom stereocenters. The van der Waals surface area contributed by atoms with Crippen molar-refractivity contribution in [1.29, 1.82) is 0 Å². The third-order valence-corrected chi connectivity index (χ3v) is 3.70. The van der Waals surface area contributed by atoms with Crippen LogP contribution < -0.4 is 0 Å². The van der Waals surface area contributed by atoms with Crippen LogP contribution in [0.15, 0.2) is 46.6 Å². The first-order valence-electron chi connectivity index (χ1n) is 9.05. The number of hydrogen-bond acceptors (Lipinski definition) is 3. The summed E-state index contributed by atoms with van der Waals surface area (Å²) in [6.07, 6.45) is 10.9. The molecule has 0 fully saturated rings. The topological polar surface area (TPSA) is 54.5 Å². The fraction of sp³-hybridized carbons (Fsp3) is 0.500. The van der Waals surface area contributed by atoms with E-state index in [9.17, 15) is 14.4 Å². The number of carbonyl (C=O) groups excluding carboxylic acids is 3. The highest BCUT2D eigenvalue weighted by molar-refractivity contribution is 6.01. The lowest BCUT2D eigenvalue weighted by Gasteiger charge is -2.12. The van der Waals surface area contributed by atoms with Crippen LogP contribution in [0.1, 0.15) is 67.2 Å². The third kappa shape index (κ3) is 12.2. The summed E-state index contributed by atoms with van der Waals surface area (Å²) in [5, 5.41) is 0. The third-order valence-electron chi connectivity index (χ3n) is 3.70. The summed E-state index contributed by atoms with van der Waals surface area (Å²) in [7, 11) is 0. The fourth-order valence-corrected chi connectivity index (χ4v) is 2.27. The van der Waals surface area contributed by atoms with Crippen LogP contribution >= 0.6 is 0 Å². The molecule has 4 heteroatoms. The Morgan fingerprint density at radius 1 is 0.769 bits per heavy atom. The minimum atomic E-state index is -0.446. The Morgan fingerprint density at radius 3 is 1.65 bits per heavy atom. The number of allylic oxidation sites excluding steroid dienone is 6. The van der Waals surface area contributed by atoms with Gasteiger partial charge in [-0.15, -0.1) is 0 Å². The van der Waals surface area contributed by atoms with E-state index in [4.69, 9.17) is 0 Å². The SMILES string of the molecule is CC(C)=CCC/C(C)=C/C(=O)CN(C=O)C(=O)/C=C(\C)CCC=C(C)C. The molecule has 26 heavy (non-hydrogen) atoms. The lowest BCUT2D eigenvalue weighted by Crippen LogP contribution is -2.33. The molecule has 0 aromatic heterocycles. The van der Waals surface area contributed by atoms with Gasteiger partial charge < -0.3 is 0 Å². The number of imide groups is 1. The summed E-state index contributed by atoms with van der Waals surface area (Å²) in [5.41, 5.74) is 4.31. The molecule has 0 aliphatic rings. The van der Waals surface area contributed by atoms with Gasteiger partial charge in [0.2, 0.25) is 6.41 Å². The van der Waals surface area contributed by atoms with Crippen molar-refractivity contribution in [2.45, 2.75) is 67.2 Å². The van der Waals surface area contributed by atoms with Crippen LogP contribution in [0.5, 0.6) is 0 Å². The van der Waals surface area contributed by atoms with Gasteiger partial charge in [0.25, 0.3) is 5.91 Å². The molecule has 0 saturated carbocycles. The van der Waals surface area contributed by atoms with E-state index in [0.29, 0.717) is 6.41 Å². The molecule has 0 atom stereocenters. The zero-order chi connectivity index (χ0) is 20.1. The maximum atomic E-state index is 12.2. The van der Waals surface area contributed by atoms with Gasteiger partial charge in [-0.05, 0) is 73.3 Å². The molecule has 0 aromatic carbocycles. The van der Waals surface area contributed by atoms with Crippen molar-refractivity contribution in [3.63, 3.8) is 0 Å². The second-order valence-corrected chi connectivity index (χ2v) is 7.16. The van der Waals surface area contributed by atoms with E-state index in [1.165, 1.54) is 23.3 Å². The molecule has 0 aliphatic heterocycles. The van der Waals surface area contributed by atoms with Gasteiger partial charge in [-0.2, -0.15) is 0 Å². The molecule has 0 rings (SSSR count). The van der Waals surface area contributed by atoms with Gasteiger partial charge in [0.1, 0.15) is 0 Å². The van der Waals surface area contributed by atoms with E-state index in [2.05, 4.69) is 12.2 Å². The molecule has 0 spiro atoms. The van der Waals surface area contributed by atoms with Crippen LogP contribution in [0, 0.1) is 0 Å². The van der Waals surface area contributed by atoms with E-state index in [-0.39, 0.29) is 12.3 Å². The standard InChI is InChI=1S/C22H33NO3/c1-17(2)9-7-11-19(5)13-21(25)15-23(16-24)22(26)14-20(6)12-8-10-18(3)4/h9-10,13-14,16H,7-8,11-12,15H2,1-6H3/b19-13+,20-14+. The highest BCUT2D eigenvalue weighted by atomic mass is 16.2. The Morgan fingerprint density at radius 2 is 1.23 bits per heavy atom. The highest BCUT2D eigenvalue weighted by Gasteiger charge is 2.13. The molecule has 2 amide bonds. The van der Waals surface area contributed by atoms with E-state index in [1.807, 2.05) is 41.5 Å². The maximum Gasteiger partial charge on any atom is 0.253 e. The molecule has 0 heterocycles. The summed E-state index contributed by atoms with van der Waals surface area (Å²) >= 11 is 0. The van der Waals surface area contributed by atoms with Gasteiger partial charge in [0.05, 0.1) is 6.54 Å². The minimum absolute atomic E-state index is 0.222. The van der Waals surface area contributed by atoms with Crippen LogP contribution in [-0.4, -0.2) is 29.5 Å². The predicted molar refractivity (Wildman–Crippen MR) is 108 cm³/mol. The minimum Gasteiger partial charge on any atom is -0.293 e. The lowest BCUT2D eigenvalue weighted by molar-refractivity contribution is -0.137. The van der Waals surface area contributed by atoms with E-state index in [1.54, 1.807) is 0 Å². The number of nitrogens with zero attached hydrogens (tertiary/aromatic N) is 1. The van der Waals surface area contributed by atoms with Gasteiger partial charge >= 0.3 is 0 Å². The van der Waals surface area contributed by atoms with Crippen molar-refractivity contribution in [2.75, 3.05) is 6.54 Å². The van der Waals surface area contributed by atoms with E-state index in [0.717, 1.165) is 41.7 Å². The van der Waals surface area contributed by atoms with Crippen molar-refractivity contribution in [3.8, 4) is 0 Å². The Bertz CT molecular complexity index is 613. The summed E-state index contributed by atoms with van der Waals surface area (Å²) in [5.74, 6) is -0.686. The van der Waals surface area contributed by atoms with Gasteiger partial charge in [-0.25, -0.2) is 0 Å². The van der Waals surface area contributed by atoms with Crippen LogP contribution in [-0.2, 0) is 14.4 Å². The van der Waals surface area contributed by atoms with Crippen molar-refractivity contribution in [1.82, 2.24) is 4.90 Å². The van der Waals surface area contributed by atoms with Crippen molar-refractivity contribution in [2.24, 2.45) is 0 Å². The molecule has 0 N–H and O–H groups in total.